The predicted molar refractivity (Wildman–Crippen MR) is 62.4 cm³/mol. The van der Waals surface area contributed by atoms with Gasteiger partial charge in [-0.1, -0.05) is 22.0 Å². The first-order valence-electron chi connectivity index (χ1n) is 4.55. The smallest absolute Gasteiger partial charge is 0.239 e. The highest BCUT2D eigenvalue weighted by atomic mass is 79.9. The van der Waals surface area contributed by atoms with Gasteiger partial charge >= 0.3 is 0 Å². The van der Waals surface area contributed by atoms with Crippen LogP contribution in [0.3, 0.4) is 0 Å². The zero-order valence-electron chi connectivity index (χ0n) is 8.31. The molecule has 78 valence electrons. The number of nitrogens with two attached hydrogens (primary N) is 1. The molecule has 0 atom stereocenters. The lowest BCUT2D eigenvalue weighted by Gasteiger charge is -2.05. The van der Waals surface area contributed by atoms with Crippen molar-refractivity contribution in [1.82, 2.24) is 14.8 Å². The second kappa shape index (κ2) is 4.02. The standard InChI is InChI=1S/C10H11BrN4/c1-7-2-3-9(11)4-8(7)5-15-6-13-10(12)14-15/h2-4,6H,5H2,1H3,(H2,12,14). The van der Waals surface area contributed by atoms with Crippen molar-refractivity contribution in [3.05, 3.63) is 40.1 Å². The molecule has 0 aliphatic heterocycles. The van der Waals surface area contributed by atoms with Crippen molar-refractivity contribution >= 4 is 21.9 Å². The molecular weight excluding hydrogens is 256 g/mol. The minimum atomic E-state index is 0.308. The van der Waals surface area contributed by atoms with Gasteiger partial charge in [0, 0.05) is 4.47 Å². The summed E-state index contributed by atoms with van der Waals surface area (Å²) in [5.74, 6) is 0.308. The second-order valence-corrected chi connectivity index (χ2v) is 4.29. The number of aromatic nitrogens is 3. The molecule has 0 radical (unpaired) electrons. The maximum Gasteiger partial charge on any atom is 0.239 e. The number of hydrogen-bond acceptors (Lipinski definition) is 3. The topological polar surface area (TPSA) is 56.7 Å². The molecule has 2 aromatic rings. The average Bonchev–Trinajstić information content (AvgIpc) is 2.58. The maximum absolute atomic E-state index is 5.45. The van der Waals surface area contributed by atoms with Crippen LogP contribution >= 0.6 is 15.9 Å². The Balaban J connectivity index is 2.27. The van der Waals surface area contributed by atoms with Gasteiger partial charge in [-0.3, -0.25) is 0 Å². The van der Waals surface area contributed by atoms with Crippen molar-refractivity contribution in [3.8, 4) is 0 Å². The van der Waals surface area contributed by atoms with Crippen LogP contribution in [0, 0.1) is 6.92 Å². The Kier molecular flexibility index (Phi) is 2.73. The fraction of sp³-hybridized carbons (Fsp3) is 0.200. The van der Waals surface area contributed by atoms with E-state index in [1.807, 2.05) is 6.07 Å². The van der Waals surface area contributed by atoms with E-state index in [9.17, 15) is 0 Å². The molecule has 4 nitrogen and oxygen atoms in total. The van der Waals surface area contributed by atoms with Crippen LogP contribution in [0.5, 0.6) is 0 Å². The van der Waals surface area contributed by atoms with Gasteiger partial charge in [-0.2, -0.15) is 0 Å². The molecule has 0 unspecified atom stereocenters. The zero-order valence-corrected chi connectivity index (χ0v) is 9.90. The van der Waals surface area contributed by atoms with E-state index in [1.54, 1.807) is 11.0 Å². The van der Waals surface area contributed by atoms with Gasteiger partial charge in [-0.15, -0.1) is 5.10 Å². The fourth-order valence-corrected chi connectivity index (χ4v) is 1.78. The van der Waals surface area contributed by atoms with Crippen molar-refractivity contribution in [2.45, 2.75) is 13.5 Å². The monoisotopic (exact) mass is 266 g/mol. The van der Waals surface area contributed by atoms with Gasteiger partial charge in [-0.05, 0) is 30.2 Å². The molecule has 0 fully saturated rings. The van der Waals surface area contributed by atoms with E-state index in [-0.39, 0.29) is 0 Å². The molecule has 1 aromatic heterocycles. The summed E-state index contributed by atoms with van der Waals surface area (Å²) in [6, 6.07) is 6.17. The summed E-state index contributed by atoms with van der Waals surface area (Å²) in [6.07, 6.45) is 1.63. The minimum Gasteiger partial charge on any atom is -0.367 e. The van der Waals surface area contributed by atoms with Gasteiger partial charge in [0.25, 0.3) is 0 Å². The van der Waals surface area contributed by atoms with Crippen LogP contribution in [0.2, 0.25) is 0 Å². The highest BCUT2D eigenvalue weighted by Gasteiger charge is 2.02. The Morgan fingerprint density at radius 1 is 1.47 bits per heavy atom. The summed E-state index contributed by atoms with van der Waals surface area (Å²) in [6.45, 7) is 2.76. The van der Waals surface area contributed by atoms with Gasteiger partial charge in [-0.25, -0.2) is 9.67 Å². The van der Waals surface area contributed by atoms with Crippen LogP contribution in [0.15, 0.2) is 29.0 Å². The van der Waals surface area contributed by atoms with Crippen molar-refractivity contribution in [1.29, 1.82) is 0 Å². The molecule has 0 saturated carbocycles. The maximum atomic E-state index is 5.45. The van der Waals surface area contributed by atoms with E-state index in [4.69, 9.17) is 5.73 Å². The molecule has 0 bridgehead atoms. The third kappa shape index (κ3) is 2.36. The minimum absolute atomic E-state index is 0.308. The molecule has 5 heteroatoms. The largest absolute Gasteiger partial charge is 0.367 e. The third-order valence-corrected chi connectivity index (χ3v) is 2.69. The molecular formula is C10H11BrN4. The number of halogens is 1. The molecule has 1 heterocycles. The predicted octanol–water partition coefficient (Wildman–Crippen LogP) is 1.98. The van der Waals surface area contributed by atoms with E-state index >= 15 is 0 Å². The number of rotatable bonds is 2. The van der Waals surface area contributed by atoms with Crippen LogP contribution in [-0.4, -0.2) is 14.8 Å². The van der Waals surface area contributed by atoms with Gasteiger partial charge in [0.05, 0.1) is 6.54 Å². The highest BCUT2D eigenvalue weighted by Crippen LogP contribution is 2.16. The van der Waals surface area contributed by atoms with E-state index in [0.717, 1.165) is 4.47 Å². The summed E-state index contributed by atoms with van der Waals surface area (Å²) in [5, 5.41) is 4.04. The van der Waals surface area contributed by atoms with Crippen LogP contribution < -0.4 is 5.73 Å². The van der Waals surface area contributed by atoms with E-state index in [2.05, 4.69) is 45.1 Å². The second-order valence-electron chi connectivity index (χ2n) is 3.37. The Labute approximate surface area is 96.3 Å². The number of anilines is 1. The van der Waals surface area contributed by atoms with E-state index in [0.29, 0.717) is 12.5 Å². The summed E-state index contributed by atoms with van der Waals surface area (Å²) in [5.41, 5.74) is 7.88. The van der Waals surface area contributed by atoms with Crippen LogP contribution in [0.25, 0.3) is 0 Å². The Bertz CT molecular complexity index is 478. The number of hydrogen-bond donors (Lipinski definition) is 1. The Hall–Kier alpha value is -1.36. The molecule has 0 aliphatic rings. The average molecular weight is 267 g/mol. The van der Waals surface area contributed by atoms with Gasteiger partial charge in [0.1, 0.15) is 6.33 Å². The lowest BCUT2D eigenvalue weighted by Crippen LogP contribution is -2.02. The molecule has 0 aliphatic carbocycles. The zero-order chi connectivity index (χ0) is 10.8. The molecule has 0 amide bonds. The first-order valence-corrected chi connectivity index (χ1v) is 5.34. The van der Waals surface area contributed by atoms with E-state index < -0.39 is 0 Å². The summed E-state index contributed by atoms with van der Waals surface area (Å²) < 4.78 is 2.79. The summed E-state index contributed by atoms with van der Waals surface area (Å²) in [4.78, 5) is 3.88. The molecule has 2 rings (SSSR count). The van der Waals surface area contributed by atoms with Crippen LogP contribution in [0.1, 0.15) is 11.1 Å². The molecule has 0 saturated heterocycles. The van der Waals surface area contributed by atoms with Crippen LogP contribution in [-0.2, 0) is 6.54 Å². The van der Waals surface area contributed by atoms with Gasteiger partial charge in [0.15, 0.2) is 0 Å². The lowest BCUT2D eigenvalue weighted by molar-refractivity contribution is 0.684. The van der Waals surface area contributed by atoms with E-state index in [1.165, 1.54) is 11.1 Å². The number of benzene rings is 1. The van der Waals surface area contributed by atoms with Gasteiger partial charge < -0.3 is 5.73 Å². The highest BCUT2D eigenvalue weighted by molar-refractivity contribution is 9.10. The third-order valence-electron chi connectivity index (χ3n) is 2.20. The number of aryl methyl sites for hydroxylation is 1. The fourth-order valence-electron chi connectivity index (χ4n) is 1.37. The van der Waals surface area contributed by atoms with Gasteiger partial charge in [0.2, 0.25) is 5.95 Å². The Morgan fingerprint density at radius 2 is 2.27 bits per heavy atom. The molecule has 2 N–H and O–H groups in total. The first kappa shape index (κ1) is 10.2. The normalized spacial score (nSPS) is 10.5. The number of nitrogens with zero attached hydrogens (tertiary/aromatic N) is 3. The van der Waals surface area contributed by atoms with Crippen molar-refractivity contribution in [2.75, 3.05) is 5.73 Å². The van der Waals surface area contributed by atoms with Crippen molar-refractivity contribution in [3.63, 3.8) is 0 Å². The summed E-state index contributed by atoms with van der Waals surface area (Å²) >= 11 is 3.44. The Morgan fingerprint density at radius 3 is 2.93 bits per heavy atom. The number of nitrogen functional groups attached to an aromatic ring is 1. The van der Waals surface area contributed by atoms with Crippen molar-refractivity contribution < 1.29 is 0 Å². The molecule has 1 aromatic carbocycles. The molecule has 15 heavy (non-hydrogen) atoms. The molecule has 0 spiro atoms. The van der Waals surface area contributed by atoms with Crippen LogP contribution in [0.4, 0.5) is 5.95 Å². The summed E-state index contributed by atoms with van der Waals surface area (Å²) in [7, 11) is 0. The van der Waals surface area contributed by atoms with Crippen molar-refractivity contribution in [2.24, 2.45) is 0 Å². The quantitative estimate of drug-likeness (QED) is 0.905. The first-order chi connectivity index (χ1) is 7.15. The lowest BCUT2D eigenvalue weighted by atomic mass is 10.1. The SMILES string of the molecule is Cc1ccc(Br)cc1Cn1cnc(N)n1.